The number of hydrogen-bond donors (Lipinski definition) is 2. The highest BCUT2D eigenvalue weighted by Gasteiger charge is 2.19. The lowest BCUT2D eigenvalue weighted by Crippen LogP contribution is -2.49. The molecule has 0 atom stereocenters. The van der Waals surface area contributed by atoms with Gasteiger partial charge in [-0.1, -0.05) is 12.1 Å². The summed E-state index contributed by atoms with van der Waals surface area (Å²) in [5.74, 6) is 0.868. The summed E-state index contributed by atoms with van der Waals surface area (Å²) in [5.41, 5.74) is 1.28. The van der Waals surface area contributed by atoms with E-state index in [1.165, 1.54) is 0 Å². The molecule has 0 spiro atoms. The van der Waals surface area contributed by atoms with E-state index in [9.17, 15) is 10.1 Å². The van der Waals surface area contributed by atoms with Crippen LogP contribution in [-0.4, -0.2) is 67.8 Å². The van der Waals surface area contributed by atoms with E-state index in [0.29, 0.717) is 12.1 Å². The maximum Gasteiger partial charge on any atom is 0.269 e. The summed E-state index contributed by atoms with van der Waals surface area (Å²) in [6, 6.07) is 7.28. The van der Waals surface area contributed by atoms with Gasteiger partial charge in [-0.2, -0.15) is 0 Å². The Hall–Kier alpha value is -1.46. The molecule has 0 radical (unpaired) electrons. The molecule has 0 bridgehead atoms. The summed E-state index contributed by atoms with van der Waals surface area (Å²) in [6.07, 6.45) is 5.49. The molecule has 0 aliphatic carbocycles. The first-order valence-electron chi connectivity index (χ1n) is 11.0. The van der Waals surface area contributed by atoms with E-state index in [4.69, 9.17) is 4.74 Å². The third-order valence-corrected chi connectivity index (χ3v) is 5.34. The van der Waals surface area contributed by atoms with Crippen LogP contribution in [0, 0.1) is 10.1 Å². The second-order valence-electron chi connectivity index (χ2n) is 8.06. The van der Waals surface area contributed by atoms with Crippen LogP contribution in [0.2, 0.25) is 0 Å². The fourth-order valence-corrected chi connectivity index (χ4v) is 3.55. The van der Waals surface area contributed by atoms with Crippen LogP contribution in [0.4, 0.5) is 5.69 Å². The number of nitrogens with zero attached hydrogens (tertiary/aromatic N) is 3. The average molecular weight is 547 g/mol. The van der Waals surface area contributed by atoms with Gasteiger partial charge in [0, 0.05) is 51.4 Å². The molecule has 0 aromatic heterocycles. The molecule has 1 aliphatic rings. The second kappa shape index (κ2) is 15.4. The number of likely N-dealkylation sites (tertiary alicyclic amines) is 1. The van der Waals surface area contributed by atoms with E-state index in [2.05, 4.69) is 34.4 Å². The predicted octanol–water partition coefficient (Wildman–Crippen LogP) is 3.59. The molecule has 1 aromatic rings. The first-order valence-corrected chi connectivity index (χ1v) is 11.0. The Kier molecular flexibility index (Phi) is 13.7. The van der Waals surface area contributed by atoms with Crippen molar-refractivity contribution in [1.29, 1.82) is 0 Å². The van der Waals surface area contributed by atoms with Gasteiger partial charge in [0.1, 0.15) is 0 Å². The van der Waals surface area contributed by atoms with Crippen LogP contribution in [0.15, 0.2) is 29.3 Å². The van der Waals surface area contributed by atoms with Gasteiger partial charge >= 0.3 is 0 Å². The van der Waals surface area contributed by atoms with Crippen molar-refractivity contribution in [3.63, 3.8) is 0 Å². The van der Waals surface area contributed by atoms with Crippen LogP contribution < -0.4 is 10.6 Å². The summed E-state index contributed by atoms with van der Waals surface area (Å²) in [6.45, 7) is 9.00. The van der Waals surface area contributed by atoms with E-state index >= 15 is 0 Å². The number of ether oxygens (including phenoxy) is 1. The number of unbranched alkanes of at least 4 members (excludes halogenated alkanes) is 1. The van der Waals surface area contributed by atoms with Crippen LogP contribution in [0.5, 0.6) is 0 Å². The van der Waals surface area contributed by atoms with Crippen molar-refractivity contribution in [3.05, 3.63) is 39.9 Å². The summed E-state index contributed by atoms with van der Waals surface area (Å²) in [7, 11) is 1.81. The van der Waals surface area contributed by atoms with Crippen LogP contribution >= 0.6 is 24.0 Å². The van der Waals surface area contributed by atoms with Gasteiger partial charge in [-0.15, -0.1) is 24.0 Å². The predicted molar refractivity (Wildman–Crippen MR) is 136 cm³/mol. The number of nitrogens with one attached hydrogen (secondary N) is 2. The Balaban J connectivity index is 0.00000480. The lowest BCUT2D eigenvalue weighted by molar-refractivity contribution is -0.384. The maximum absolute atomic E-state index is 10.7. The quantitative estimate of drug-likeness (QED) is 0.110. The van der Waals surface area contributed by atoms with Crippen LogP contribution in [0.3, 0.4) is 0 Å². The van der Waals surface area contributed by atoms with Crippen molar-refractivity contribution in [2.45, 2.75) is 58.1 Å². The molecule has 0 unspecified atom stereocenters. The third kappa shape index (κ3) is 11.1. The van der Waals surface area contributed by atoms with Crippen molar-refractivity contribution < 1.29 is 9.66 Å². The minimum absolute atomic E-state index is 0. The molecule has 1 aromatic carbocycles. The Morgan fingerprint density at radius 1 is 1.26 bits per heavy atom. The number of aliphatic imine (C=N–C) groups is 1. The molecular formula is C22H38IN5O3. The molecule has 0 amide bonds. The number of halogens is 1. The molecule has 1 aliphatic heterocycles. The van der Waals surface area contributed by atoms with Gasteiger partial charge in [0.05, 0.1) is 17.6 Å². The second-order valence-corrected chi connectivity index (χ2v) is 8.06. The lowest BCUT2D eigenvalue weighted by Gasteiger charge is -2.33. The molecule has 2 N–H and O–H groups in total. The van der Waals surface area contributed by atoms with Gasteiger partial charge in [-0.25, -0.2) is 0 Å². The summed E-state index contributed by atoms with van der Waals surface area (Å²) in [4.78, 5) is 17.2. The zero-order valence-corrected chi connectivity index (χ0v) is 21.3. The topological polar surface area (TPSA) is 92.0 Å². The van der Waals surface area contributed by atoms with Gasteiger partial charge in [0.15, 0.2) is 5.96 Å². The zero-order valence-electron chi connectivity index (χ0n) is 19.0. The monoisotopic (exact) mass is 547 g/mol. The summed E-state index contributed by atoms with van der Waals surface area (Å²) >= 11 is 0. The number of non-ortho nitro benzene ring substituents is 1. The van der Waals surface area contributed by atoms with Crippen LogP contribution in [0.1, 0.15) is 45.1 Å². The van der Waals surface area contributed by atoms with Crippen molar-refractivity contribution >= 4 is 35.6 Å². The van der Waals surface area contributed by atoms with Gasteiger partial charge in [0.2, 0.25) is 0 Å². The Morgan fingerprint density at radius 2 is 1.94 bits per heavy atom. The van der Waals surface area contributed by atoms with Crippen molar-refractivity contribution in [2.75, 3.05) is 39.8 Å². The van der Waals surface area contributed by atoms with Gasteiger partial charge in [-0.05, 0) is 51.5 Å². The molecule has 1 heterocycles. The largest absolute Gasteiger partial charge is 0.377 e. The van der Waals surface area contributed by atoms with E-state index in [1.54, 1.807) is 12.1 Å². The van der Waals surface area contributed by atoms with Gasteiger partial charge < -0.3 is 20.3 Å². The van der Waals surface area contributed by atoms with Gasteiger partial charge in [0.25, 0.3) is 5.69 Å². The number of benzene rings is 1. The Morgan fingerprint density at radius 3 is 2.52 bits per heavy atom. The maximum atomic E-state index is 10.7. The first-order chi connectivity index (χ1) is 14.5. The number of piperidine rings is 1. The molecule has 8 nitrogen and oxygen atoms in total. The van der Waals surface area contributed by atoms with Crippen molar-refractivity contribution in [2.24, 2.45) is 4.99 Å². The van der Waals surface area contributed by atoms with Crippen molar-refractivity contribution in [1.82, 2.24) is 15.5 Å². The third-order valence-electron chi connectivity index (χ3n) is 5.34. The van der Waals surface area contributed by atoms with E-state index in [0.717, 1.165) is 76.4 Å². The molecule has 1 saturated heterocycles. The number of guanidine groups is 1. The molecule has 176 valence electrons. The molecule has 31 heavy (non-hydrogen) atoms. The van der Waals surface area contributed by atoms with E-state index in [-0.39, 0.29) is 34.6 Å². The molecule has 1 fully saturated rings. The normalized spacial score (nSPS) is 15.5. The number of nitro benzene ring substituents is 1. The minimum Gasteiger partial charge on any atom is -0.377 e. The molecule has 2 rings (SSSR count). The minimum atomic E-state index is -0.364. The average Bonchev–Trinajstić information content (AvgIpc) is 2.74. The van der Waals surface area contributed by atoms with Crippen LogP contribution in [-0.2, 0) is 11.2 Å². The zero-order chi connectivity index (χ0) is 21.8. The molecular weight excluding hydrogens is 509 g/mol. The summed E-state index contributed by atoms with van der Waals surface area (Å²) in [5, 5.41) is 17.6. The number of aryl methyl sites for hydroxylation is 1. The molecule has 0 saturated carbocycles. The smallest absolute Gasteiger partial charge is 0.269 e. The fraction of sp³-hybridized carbons (Fsp3) is 0.682. The van der Waals surface area contributed by atoms with Crippen LogP contribution in [0.25, 0.3) is 0 Å². The molecule has 9 heteroatoms. The van der Waals surface area contributed by atoms with E-state index < -0.39 is 0 Å². The highest BCUT2D eigenvalue weighted by Crippen LogP contribution is 2.13. The standard InChI is InChI=1S/C22H37N5O3.HI/c1-18(2)30-17-16-26-14-11-20(12-15-26)25-22(23-3)24-13-5-4-6-19-7-9-21(10-8-19)27(28)29;/h7-10,18,20H,4-6,11-17H2,1-3H3,(H2,23,24,25);1H. The number of nitro groups is 1. The highest BCUT2D eigenvalue weighted by atomic mass is 127. The number of hydrogen-bond acceptors (Lipinski definition) is 5. The SMILES string of the molecule is CN=C(NCCCCc1ccc([N+](=O)[O-])cc1)NC1CCN(CCOC(C)C)CC1.I. The Bertz CT molecular complexity index is 662. The lowest BCUT2D eigenvalue weighted by atomic mass is 10.1. The van der Waals surface area contributed by atoms with Crippen molar-refractivity contribution in [3.8, 4) is 0 Å². The van der Waals surface area contributed by atoms with Gasteiger partial charge in [-0.3, -0.25) is 15.1 Å². The first kappa shape index (κ1) is 27.6. The number of rotatable bonds is 11. The summed E-state index contributed by atoms with van der Waals surface area (Å²) < 4.78 is 5.65. The fourth-order valence-electron chi connectivity index (χ4n) is 3.55. The Labute approximate surface area is 203 Å². The van der Waals surface area contributed by atoms with E-state index in [1.807, 2.05) is 19.2 Å². The highest BCUT2D eigenvalue weighted by molar-refractivity contribution is 14.0.